The molecule has 0 heterocycles. The molecule has 0 fully saturated rings. The minimum absolute atomic E-state index is 0.235. The van der Waals surface area contributed by atoms with E-state index in [-0.39, 0.29) is 12.0 Å². The molecule has 0 saturated heterocycles. The highest BCUT2D eigenvalue weighted by Crippen LogP contribution is 2.22. The van der Waals surface area contributed by atoms with E-state index in [1.54, 1.807) is 0 Å². The standard InChI is InChI=1S/C12H18INO/c1-3-8(2)12(15)11(14)9-4-6-10(13)7-5-9/h4-8,11-12,15H,3,14H2,1-2H3/t8?,11-,12+/m1/s1. The lowest BCUT2D eigenvalue weighted by atomic mass is 9.92. The quantitative estimate of drug-likeness (QED) is 0.838. The van der Waals surface area contributed by atoms with Crippen LogP contribution in [0.1, 0.15) is 31.9 Å². The fraction of sp³-hybridized carbons (Fsp3) is 0.500. The molecule has 2 nitrogen and oxygen atoms in total. The molecule has 1 rings (SSSR count). The van der Waals surface area contributed by atoms with E-state index in [9.17, 15) is 5.11 Å². The van der Waals surface area contributed by atoms with Gasteiger partial charge in [0, 0.05) is 3.57 Å². The van der Waals surface area contributed by atoms with Crippen LogP contribution in [0.3, 0.4) is 0 Å². The molecule has 1 aromatic carbocycles. The summed E-state index contributed by atoms with van der Waals surface area (Å²) in [6.45, 7) is 4.09. The van der Waals surface area contributed by atoms with Gasteiger partial charge in [-0.05, 0) is 46.2 Å². The maximum absolute atomic E-state index is 9.98. The minimum Gasteiger partial charge on any atom is -0.391 e. The van der Waals surface area contributed by atoms with Crippen LogP contribution in [0, 0.1) is 9.49 Å². The average Bonchev–Trinajstić information content (AvgIpc) is 2.27. The number of aliphatic hydroxyl groups is 1. The Hall–Kier alpha value is -0.130. The third-order valence-electron chi connectivity index (χ3n) is 2.85. The van der Waals surface area contributed by atoms with Crippen molar-refractivity contribution in [3.63, 3.8) is 0 Å². The van der Waals surface area contributed by atoms with Crippen molar-refractivity contribution < 1.29 is 5.11 Å². The van der Waals surface area contributed by atoms with E-state index in [0.29, 0.717) is 0 Å². The molecule has 0 amide bonds. The smallest absolute Gasteiger partial charge is 0.0758 e. The molecule has 1 unspecified atom stereocenters. The number of hydrogen-bond acceptors (Lipinski definition) is 2. The van der Waals surface area contributed by atoms with Gasteiger partial charge in [0.05, 0.1) is 12.1 Å². The van der Waals surface area contributed by atoms with Crippen molar-refractivity contribution in [1.82, 2.24) is 0 Å². The Morgan fingerprint density at radius 3 is 2.33 bits per heavy atom. The van der Waals surface area contributed by atoms with Crippen LogP contribution in [-0.2, 0) is 0 Å². The zero-order valence-corrected chi connectivity index (χ0v) is 11.3. The highest BCUT2D eigenvalue weighted by Gasteiger charge is 2.21. The van der Waals surface area contributed by atoms with Crippen LogP contribution in [-0.4, -0.2) is 11.2 Å². The molecule has 0 aliphatic carbocycles. The number of rotatable bonds is 4. The van der Waals surface area contributed by atoms with Gasteiger partial charge in [-0.3, -0.25) is 0 Å². The molecule has 15 heavy (non-hydrogen) atoms. The molecule has 3 atom stereocenters. The van der Waals surface area contributed by atoms with E-state index >= 15 is 0 Å². The average molecular weight is 319 g/mol. The van der Waals surface area contributed by atoms with E-state index in [1.807, 2.05) is 31.2 Å². The summed E-state index contributed by atoms with van der Waals surface area (Å²) in [7, 11) is 0. The van der Waals surface area contributed by atoms with Gasteiger partial charge in [0.1, 0.15) is 0 Å². The van der Waals surface area contributed by atoms with E-state index in [4.69, 9.17) is 5.73 Å². The summed E-state index contributed by atoms with van der Waals surface area (Å²) in [5.41, 5.74) is 7.02. The topological polar surface area (TPSA) is 46.2 Å². The molecule has 3 N–H and O–H groups in total. The number of halogens is 1. The SMILES string of the molecule is CCC(C)[C@H](O)[C@H](N)c1ccc(I)cc1. The summed E-state index contributed by atoms with van der Waals surface area (Å²) in [6.07, 6.45) is 0.481. The van der Waals surface area contributed by atoms with Gasteiger partial charge < -0.3 is 10.8 Å². The molecule has 0 aromatic heterocycles. The Kier molecular flexibility index (Phi) is 5.02. The first-order valence-electron chi connectivity index (χ1n) is 5.25. The summed E-state index contributed by atoms with van der Waals surface area (Å²) < 4.78 is 1.18. The van der Waals surface area contributed by atoms with Crippen LogP contribution in [0.4, 0.5) is 0 Å². The van der Waals surface area contributed by atoms with Crippen molar-refractivity contribution >= 4 is 22.6 Å². The van der Waals surface area contributed by atoms with E-state index < -0.39 is 6.10 Å². The number of benzene rings is 1. The predicted molar refractivity (Wildman–Crippen MR) is 71.5 cm³/mol. The number of hydrogen-bond donors (Lipinski definition) is 2. The van der Waals surface area contributed by atoms with Crippen LogP contribution in [0.25, 0.3) is 0 Å². The normalized spacial score (nSPS) is 17.1. The van der Waals surface area contributed by atoms with Crippen molar-refractivity contribution in [3.05, 3.63) is 33.4 Å². The third-order valence-corrected chi connectivity index (χ3v) is 3.57. The Bertz CT molecular complexity index is 299. The van der Waals surface area contributed by atoms with E-state index in [1.165, 1.54) is 3.57 Å². The molecule has 0 aliphatic heterocycles. The fourth-order valence-corrected chi connectivity index (χ4v) is 1.84. The van der Waals surface area contributed by atoms with Crippen LogP contribution < -0.4 is 5.73 Å². The lowest BCUT2D eigenvalue weighted by Crippen LogP contribution is -2.31. The van der Waals surface area contributed by atoms with Crippen LogP contribution in [0.15, 0.2) is 24.3 Å². The van der Waals surface area contributed by atoms with E-state index in [2.05, 4.69) is 29.5 Å². The highest BCUT2D eigenvalue weighted by atomic mass is 127. The Morgan fingerprint density at radius 2 is 1.87 bits per heavy atom. The van der Waals surface area contributed by atoms with Gasteiger partial charge in [-0.2, -0.15) is 0 Å². The van der Waals surface area contributed by atoms with Crippen LogP contribution >= 0.6 is 22.6 Å². The largest absolute Gasteiger partial charge is 0.391 e. The second-order valence-electron chi connectivity index (χ2n) is 3.95. The number of aliphatic hydroxyl groups excluding tert-OH is 1. The monoisotopic (exact) mass is 319 g/mol. The van der Waals surface area contributed by atoms with Gasteiger partial charge in [0.15, 0.2) is 0 Å². The molecule has 84 valence electrons. The third kappa shape index (κ3) is 3.43. The predicted octanol–water partition coefficient (Wildman–Crippen LogP) is 2.70. The molecule has 1 aromatic rings. The van der Waals surface area contributed by atoms with Crippen molar-refractivity contribution in [3.8, 4) is 0 Å². The fourth-order valence-electron chi connectivity index (χ4n) is 1.48. The van der Waals surface area contributed by atoms with E-state index in [0.717, 1.165) is 12.0 Å². The number of nitrogens with two attached hydrogens (primary N) is 1. The lowest BCUT2D eigenvalue weighted by Gasteiger charge is -2.24. The second kappa shape index (κ2) is 5.82. The summed E-state index contributed by atoms with van der Waals surface area (Å²) in [6, 6.07) is 7.71. The van der Waals surface area contributed by atoms with Crippen molar-refractivity contribution in [2.45, 2.75) is 32.4 Å². The molecule has 0 bridgehead atoms. The van der Waals surface area contributed by atoms with Crippen LogP contribution in [0.5, 0.6) is 0 Å². The van der Waals surface area contributed by atoms with Gasteiger partial charge >= 0.3 is 0 Å². The molecular formula is C12H18INO. The molecule has 0 saturated carbocycles. The summed E-state index contributed by atoms with van der Waals surface area (Å²) in [4.78, 5) is 0. The summed E-state index contributed by atoms with van der Waals surface area (Å²) in [5, 5.41) is 9.98. The second-order valence-corrected chi connectivity index (χ2v) is 5.20. The molecule has 0 radical (unpaired) electrons. The van der Waals surface area contributed by atoms with Crippen molar-refractivity contribution in [2.75, 3.05) is 0 Å². The molecule has 0 aliphatic rings. The first-order chi connectivity index (χ1) is 7.06. The first kappa shape index (κ1) is 12.9. The van der Waals surface area contributed by atoms with Gasteiger partial charge in [-0.1, -0.05) is 32.4 Å². The van der Waals surface area contributed by atoms with Crippen molar-refractivity contribution in [2.24, 2.45) is 11.7 Å². The Labute approximate surface area is 105 Å². The summed E-state index contributed by atoms with van der Waals surface area (Å²) in [5.74, 6) is 0.235. The minimum atomic E-state index is -0.463. The van der Waals surface area contributed by atoms with Gasteiger partial charge in [0.2, 0.25) is 0 Å². The van der Waals surface area contributed by atoms with Gasteiger partial charge in [0.25, 0.3) is 0 Å². The lowest BCUT2D eigenvalue weighted by molar-refractivity contribution is 0.0880. The molecular weight excluding hydrogens is 301 g/mol. The first-order valence-corrected chi connectivity index (χ1v) is 6.33. The maximum Gasteiger partial charge on any atom is 0.0758 e. The van der Waals surface area contributed by atoms with Gasteiger partial charge in [-0.15, -0.1) is 0 Å². The molecule has 0 spiro atoms. The zero-order chi connectivity index (χ0) is 11.4. The Balaban J connectivity index is 2.75. The van der Waals surface area contributed by atoms with Gasteiger partial charge in [-0.25, -0.2) is 0 Å². The van der Waals surface area contributed by atoms with Crippen LogP contribution in [0.2, 0.25) is 0 Å². The summed E-state index contributed by atoms with van der Waals surface area (Å²) >= 11 is 2.25. The maximum atomic E-state index is 9.98. The zero-order valence-electron chi connectivity index (χ0n) is 9.15. The van der Waals surface area contributed by atoms with Crippen molar-refractivity contribution in [1.29, 1.82) is 0 Å². The Morgan fingerprint density at radius 1 is 1.33 bits per heavy atom. The molecule has 3 heteroatoms. The highest BCUT2D eigenvalue weighted by molar-refractivity contribution is 14.1.